The van der Waals surface area contributed by atoms with E-state index in [1.165, 1.54) is 0 Å². The first-order valence-electron chi connectivity index (χ1n) is 5.23. The van der Waals surface area contributed by atoms with Crippen molar-refractivity contribution in [2.75, 3.05) is 14.2 Å². The molecule has 0 aliphatic heterocycles. The van der Waals surface area contributed by atoms with E-state index in [0.29, 0.717) is 12.5 Å². The molecule has 2 aromatic rings. The third kappa shape index (κ3) is 3.25. The molecule has 0 spiro atoms. The molecule has 0 bridgehead atoms. The average molecular weight is 250 g/mol. The molecule has 2 heterocycles. The first-order chi connectivity index (χ1) is 8.31. The molecule has 0 saturated carbocycles. The lowest BCUT2D eigenvalue weighted by Crippen LogP contribution is -1.93. The Morgan fingerprint density at radius 1 is 1.29 bits per heavy atom. The van der Waals surface area contributed by atoms with E-state index in [-0.39, 0.29) is 0 Å². The van der Waals surface area contributed by atoms with Crippen LogP contribution < -0.4 is 4.74 Å². The van der Waals surface area contributed by atoms with E-state index < -0.39 is 0 Å². The second kappa shape index (κ2) is 5.75. The first-order valence-corrected chi connectivity index (χ1v) is 6.11. The highest BCUT2D eigenvalue weighted by atomic mass is 32.1. The number of pyridine rings is 1. The van der Waals surface area contributed by atoms with Gasteiger partial charge >= 0.3 is 0 Å². The topological polar surface area (TPSA) is 44.2 Å². The van der Waals surface area contributed by atoms with Gasteiger partial charge in [-0.15, -0.1) is 11.3 Å². The van der Waals surface area contributed by atoms with E-state index >= 15 is 0 Å². The molecular formula is C12H14N2O2S. The monoisotopic (exact) mass is 250 g/mol. The normalized spacial score (nSPS) is 10.5. The van der Waals surface area contributed by atoms with Crippen molar-refractivity contribution in [3.05, 3.63) is 40.0 Å². The van der Waals surface area contributed by atoms with Gasteiger partial charge in [0.15, 0.2) is 0 Å². The number of nitrogens with zero attached hydrogens (tertiary/aromatic N) is 2. The molecule has 0 unspecified atom stereocenters. The van der Waals surface area contributed by atoms with E-state index in [0.717, 1.165) is 22.7 Å². The zero-order chi connectivity index (χ0) is 12.1. The maximum absolute atomic E-state index is 5.04. The van der Waals surface area contributed by atoms with E-state index in [1.807, 2.05) is 23.7 Å². The lowest BCUT2D eigenvalue weighted by atomic mass is 10.2. The predicted molar refractivity (Wildman–Crippen MR) is 66.4 cm³/mol. The molecule has 2 aromatic heterocycles. The minimum atomic E-state index is 0.567. The van der Waals surface area contributed by atoms with Crippen molar-refractivity contribution in [1.82, 2.24) is 9.97 Å². The van der Waals surface area contributed by atoms with Crippen LogP contribution in [0.1, 0.15) is 16.3 Å². The van der Waals surface area contributed by atoms with Gasteiger partial charge in [0.25, 0.3) is 0 Å². The average Bonchev–Trinajstić information content (AvgIpc) is 2.78. The van der Waals surface area contributed by atoms with Gasteiger partial charge in [0, 0.05) is 31.2 Å². The molecule has 0 radical (unpaired) electrons. The molecular weight excluding hydrogens is 236 g/mol. The quantitative estimate of drug-likeness (QED) is 0.816. The number of methoxy groups -OCH3 is 2. The lowest BCUT2D eigenvalue weighted by molar-refractivity contribution is 0.182. The van der Waals surface area contributed by atoms with Gasteiger partial charge in [0.1, 0.15) is 0 Å². The highest BCUT2D eigenvalue weighted by Gasteiger charge is 2.03. The summed E-state index contributed by atoms with van der Waals surface area (Å²) in [7, 11) is 3.28. The van der Waals surface area contributed by atoms with Crippen molar-refractivity contribution in [3.8, 4) is 5.88 Å². The number of hydrogen-bond donors (Lipinski definition) is 0. The summed E-state index contributed by atoms with van der Waals surface area (Å²) in [5, 5.41) is 3.10. The second-order valence-corrected chi connectivity index (χ2v) is 4.49. The maximum Gasteiger partial charge on any atom is 0.212 e. The van der Waals surface area contributed by atoms with Crippen molar-refractivity contribution in [2.24, 2.45) is 0 Å². The highest BCUT2D eigenvalue weighted by Crippen LogP contribution is 2.16. The number of aromatic nitrogens is 2. The summed E-state index contributed by atoms with van der Waals surface area (Å²) < 4.78 is 10.1. The van der Waals surface area contributed by atoms with Gasteiger partial charge < -0.3 is 9.47 Å². The molecule has 0 amide bonds. The van der Waals surface area contributed by atoms with Crippen LogP contribution >= 0.6 is 11.3 Å². The fraction of sp³-hybridized carbons (Fsp3) is 0.333. The zero-order valence-electron chi connectivity index (χ0n) is 9.84. The number of rotatable bonds is 5. The fourth-order valence-electron chi connectivity index (χ4n) is 1.46. The number of ether oxygens (including phenoxy) is 2. The van der Waals surface area contributed by atoms with Gasteiger partial charge in [-0.2, -0.15) is 0 Å². The summed E-state index contributed by atoms with van der Waals surface area (Å²) in [6.07, 6.45) is 2.61. The van der Waals surface area contributed by atoms with Crippen molar-refractivity contribution < 1.29 is 9.47 Å². The molecule has 0 atom stereocenters. The predicted octanol–water partition coefficient (Wildman–Crippen LogP) is 2.28. The summed E-state index contributed by atoms with van der Waals surface area (Å²) in [6.45, 7) is 0.567. The summed E-state index contributed by atoms with van der Waals surface area (Å²) in [5.74, 6) is 0.632. The van der Waals surface area contributed by atoms with Gasteiger partial charge in [-0.1, -0.05) is 6.07 Å². The van der Waals surface area contributed by atoms with Crippen LogP contribution in [0, 0.1) is 0 Å². The Bertz CT molecular complexity index is 468. The first kappa shape index (κ1) is 12.0. The van der Waals surface area contributed by atoms with Crippen LogP contribution in [0.5, 0.6) is 5.88 Å². The van der Waals surface area contributed by atoms with Gasteiger partial charge in [0.2, 0.25) is 5.88 Å². The number of hydrogen-bond acceptors (Lipinski definition) is 5. The maximum atomic E-state index is 5.04. The zero-order valence-corrected chi connectivity index (χ0v) is 10.7. The Labute approximate surface area is 104 Å². The lowest BCUT2D eigenvalue weighted by Gasteiger charge is -2.00. The Morgan fingerprint density at radius 3 is 2.82 bits per heavy atom. The molecule has 0 aromatic carbocycles. The van der Waals surface area contributed by atoms with Crippen LogP contribution in [0.2, 0.25) is 0 Å². The molecule has 0 aliphatic carbocycles. The van der Waals surface area contributed by atoms with Gasteiger partial charge in [-0.05, 0) is 5.56 Å². The molecule has 0 saturated heterocycles. The summed E-state index contributed by atoms with van der Waals surface area (Å²) in [6, 6.07) is 3.86. The molecule has 2 rings (SSSR count). The van der Waals surface area contributed by atoms with Crippen molar-refractivity contribution in [2.45, 2.75) is 13.0 Å². The van der Waals surface area contributed by atoms with Crippen molar-refractivity contribution in [1.29, 1.82) is 0 Å². The summed E-state index contributed by atoms with van der Waals surface area (Å²) >= 11 is 1.64. The minimum absolute atomic E-state index is 0.567. The molecule has 0 aliphatic rings. The molecule has 90 valence electrons. The summed E-state index contributed by atoms with van der Waals surface area (Å²) in [5.41, 5.74) is 2.11. The Hall–Kier alpha value is -1.46. The summed E-state index contributed by atoms with van der Waals surface area (Å²) in [4.78, 5) is 8.64. The minimum Gasteiger partial charge on any atom is -0.481 e. The van der Waals surface area contributed by atoms with E-state index in [1.54, 1.807) is 25.6 Å². The molecule has 0 N–H and O–H groups in total. The second-order valence-electron chi connectivity index (χ2n) is 3.55. The van der Waals surface area contributed by atoms with Crippen molar-refractivity contribution in [3.63, 3.8) is 0 Å². The van der Waals surface area contributed by atoms with E-state index in [9.17, 15) is 0 Å². The Morgan fingerprint density at radius 2 is 2.18 bits per heavy atom. The van der Waals surface area contributed by atoms with Gasteiger partial charge in [-0.3, -0.25) is 0 Å². The third-order valence-corrected chi connectivity index (χ3v) is 3.15. The Kier molecular flexibility index (Phi) is 4.06. The van der Waals surface area contributed by atoms with Crippen LogP contribution in [0.25, 0.3) is 0 Å². The smallest absolute Gasteiger partial charge is 0.212 e. The highest BCUT2D eigenvalue weighted by molar-refractivity contribution is 7.09. The molecule has 4 nitrogen and oxygen atoms in total. The molecule has 5 heteroatoms. The van der Waals surface area contributed by atoms with Crippen LogP contribution in [0.3, 0.4) is 0 Å². The van der Waals surface area contributed by atoms with E-state index in [4.69, 9.17) is 9.47 Å². The largest absolute Gasteiger partial charge is 0.481 e. The van der Waals surface area contributed by atoms with Gasteiger partial charge in [0.05, 0.1) is 24.4 Å². The number of thiazole rings is 1. The third-order valence-electron chi connectivity index (χ3n) is 2.25. The SMILES string of the molecule is COCc1csc(Cc2ccc(OC)nc2)n1. The van der Waals surface area contributed by atoms with Crippen LogP contribution in [0.4, 0.5) is 0 Å². The van der Waals surface area contributed by atoms with Crippen LogP contribution in [-0.2, 0) is 17.8 Å². The standard InChI is InChI=1S/C12H14N2O2S/c1-15-7-10-8-17-12(14-10)5-9-3-4-11(16-2)13-6-9/h3-4,6,8H,5,7H2,1-2H3. The fourth-order valence-corrected chi connectivity index (χ4v) is 2.27. The Balaban J connectivity index is 2.03. The van der Waals surface area contributed by atoms with Crippen molar-refractivity contribution >= 4 is 11.3 Å². The molecule has 17 heavy (non-hydrogen) atoms. The van der Waals surface area contributed by atoms with Crippen LogP contribution in [0.15, 0.2) is 23.7 Å². The molecule has 0 fully saturated rings. The van der Waals surface area contributed by atoms with E-state index in [2.05, 4.69) is 9.97 Å². The van der Waals surface area contributed by atoms with Gasteiger partial charge in [-0.25, -0.2) is 9.97 Å². The van der Waals surface area contributed by atoms with Crippen LogP contribution in [-0.4, -0.2) is 24.2 Å².